The standard InChI is InChI=1S/C21H38NO5P/c1-7-15-21(23,16-8-2)20(18-11-13-19(25-6)14-12-18)17-22(5)28(24,26-9-3)27-10-4/h11-14,20,23H,7-10,15-17H2,1-6H3. The Bertz CT molecular complexity index is 591. The zero-order chi connectivity index (χ0) is 21.2. The molecule has 0 fully saturated rings. The van der Waals surface area contributed by atoms with E-state index in [-0.39, 0.29) is 5.92 Å². The number of benzene rings is 1. The van der Waals surface area contributed by atoms with Gasteiger partial charge >= 0.3 is 7.75 Å². The molecule has 0 radical (unpaired) electrons. The van der Waals surface area contributed by atoms with Crippen molar-refractivity contribution < 1.29 is 23.5 Å². The number of ether oxygens (including phenoxy) is 1. The van der Waals surface area contributed by atoms with E-state index < -0.39 is 13.3 Å². The van der Waals surface area contributed by atoms with E-state index >= 15 is 0 Å². The van der Waals surface area contributed by atoms with Crippen LogP contribution in [-0.2, 0) is 13.6 Å². The van der Waals surface area contributed by atoms with Crippen LogP contribution >= 0.6 is 7.75 Å². The van der Waals surface area contributed by atoms with E-state index in [1.165, 1.54) is 0 Å². The van der Waals surface area contributed by atoms with Gasteiger partial charge in [0, 0.05) is 12.5 Å². The third-order valence-electron chi connectivity index (χ3n) is 4.98. The minimum Gasteiger partial charge on any atom is -0.497 e. The van der Waals surface area contributed by atoms with Crippen LogP contribution in [0, 0.1) is 0 Å². The normalized spacial score (nSPS) is 13.7. The van der Waals surface area contributed by atoms with E-state index in [9.17, 15) is 9.67 Å². The van der Waals surface area contributed by atoms with Gasteiger partial charge in [0.2, 0.25) is 0 Å². The van der Waals surface area contributed by atoms with Crippen molar-refractivity contribution in [3.63, 3.8) is 0 Å². The second-order valence-electron chi connectivity index (χ2n) is 7.07. The highest BCUT2D eigenvalue weighted by molar-refractivity contribution is 7.51. The van der Waals surface area contributed by atoms with Crippen LogP contribution in [0.1, 0.15) is 64.9 Å². The van der Waals surface area contributed by atoms with Crippen molar-refractivity contribution in [3.05, 3.63) is 29.8 Å². The Morgan fingerprint density at radius 1 is 1.04 bits per heavy atom. The summed E-state index contributed by atoms with van der Waals surface area (Å²) in [7, 11) is -0.0427. The molecule has 0 aliphatic carbocycles. The van der Waals surface area contributed by atoms with Crippen LogP contribution in [0.4, 0.5) is 0 Å². The molecule has 0 aromatic heterocycles. The highest BCUT2D eigenvalue weighted by Gasteiger charge is 2.40. The minimum atomic E-state index is -3.41. The molecular formula is C21H38NO5P. The molecular weight excluding hydrogens is 377 g/mol. The molecule has 1 aromatic rings. The molecule has 0 amide bonds. The van der Waals surface area contributed by atoms with Crippen molar-refractivity contribution in [1.29, 1.82) is 0 Å². The summed E-state index contributed by atoms with van der Waals surface area (Å²) in [5.41, 5.74) is 0.0758. The maximum absolute atomic E-state index is 13.2. The molecule has 162 valence electrons. The number of likely N-dealkylation sites (N-methyl/N-ethyl adjacent to an activating group) is 1. The van der Waals surface area contributed by atoms with Gasteiger partial charge in [-0.3, -0.25) is 9.05 Å². The van der Waals surface area contributed by atoms with Gasteiger partial charge in [-0.2, -0.15) is 0 Å². The first-order valence-corrected chi connectivity index (χ1v) is 11.8. The molecule has 28 heavy (non-hydrogen) atoms. The predicted molar refractivity (Wildman–Crippen MR) is 114 cm³/mol. The fourth-order valence-electron chi connectivity index (χ4n) is 3.69. The lowest BCUT2D eigenvalue weighted by molar-refractivity contribution is -0.0117. The molecule has 6 nitrogen and oxygen atoms in total. The van der Waals surface area contributed by atoms with E-state index in [2.05, 4.69) is 13.8 Å². The Kier molecular flexibility index (Phi) is 10.7. The summed E-state index contributed by atoms with van der Waals surface area (Å²) in [6, 6.07) is 7.73. The SMILES string of the molecule is CCCC(O)(CCC)C(CN(C)P(=O)(OCC)OCC)c1ccc(OC)cc1. The summed E-state index contributed by atoms with van der Waals surface area (Å²) in [6.45, 7) is 8.68. The summed E-state index contributed by atoms with van der Waals surface area (Å²) in [5.74, 6) is 0.525. The van der Waals surface area contributed by atoms with Crippen molar-refractivity contribution in [2.45, 2.75) is 64.9 Å². The van der Waals surface area contributed by atoms with Gasteiger partial charge in [0.1, 0.15) is 5.75 Å². The van der Waals surface area contributed by atoms with Crippen LogP contribution in [0.5, 0.6) is 5.75 Å². The summed E-state index contributed by atoms with van der Waals surface area (Å²) in [5, 5.41) is 11.6. The van der Waals surface area contributed by atoms with Crippen molar-refractivity contribution in [3.8, 4) is 5.75 Å². The van der Waals surface area contributed by atoms with Crippen molar-refractivity contribution >= 4 is 7.75 Å². The van der Waals surface area contributed by atoms with E-state index in [0.29, 0.717) is 32.6 Å². The molecule has 1 atom stereocenters. The van der Waals surface area contributed by atoms with Gasteiger partial charge in [-0.15, -0.1) is 0 Å². The van der Waals surface area contributed by atoms with Crippen molar-refractivity contribution in [1.82, 2.24) is 4.67 Å². The monoisotopic (exact) mass is 415 g/mol. The Morgan fingerprint density at radius 3 is 1.93 bits per heavy atom. The van der Waals surface area contributed by atoms with Crippen LogP contribution in [0.2, 0.25) is 0 Å². The number of hydrogen-bond donors (Lipinski definition) is 1. The largest absolute Gasteiger partial charge is 0.497 e. The fraction of sp³-hybridized carbons (Fsp3) is 0.714. The number of nitrogens with zero attached hydrogens (tertiary/aromatic N) is 1. The average molecular weight is 416 g/mol. The first kappa shape index (κ1) is 25.1. The maximum atomic E-state index is 13.2. The fourth-order valence-corrected chi connectivity index (χ4v) is 5.17. The van der Waals surface area contributed by atoms with Gasteiger partial charge in [0.15, 0.2) is 0 Å². The lowest BCUT2D eigenvalue weighted by Crippen LogP contribution is -2.41. The van der Waals surface area contributed by atoms with Crippen LogP contribution in [0.25, 0.3) is 0 Å². The molecule has 7 heteroatoms. The predicted octanol–water partition coefficient (Wildman–Crippen LogP) is 5.22. The van der Waals surface area contributed by atoms with Gasteiger partial charge in [0.25, 0.3) is 0 Å². The van der Waals surface area contributed by atoms with Crippen molar-refractivity contribution in [2.24, 2.45) is 0 Å². The highest BCUT2D eigenvalue weighted by atomic mass is 31.2. The average Bonchev–Trinajstić information content (AvgIpc) is 2.66. The third kappa shape index (κ3) is 6.57. The van der Waals surface area contributed by atoms with Gasteiger partial charge in [-0.1, -0.05) is 38.8 Å². The number of methoxy groups -OCH3 is 1. The second kappa shape index (κ2) is 11.9. The second-order valence-corrected chi connectivity index (χ2v) is 9.21. The molecule has 0 bridgehead atoms. The summed E-state index contributed by atoms with van der Waals surface area (Å²) in [6.07, 6.45) is 3.06. The molecule has 0 aliphatic heterocycles. The molecule has 0 saturated heterocycles. The molecule has 1 rings (SSSR count). The van der Waals surface area contributed by atoms with Gasteiger partial charge in [0.05, 0.1) is 25.9 Å². The van der Waals surface area contributed by atoms with Gasteiger partial charge in [-0.25, -0.2) is 9.24 Å². The van der Waals surface area contributed by atoms with Crippen LogP contribution in [0.3, 0.4) is 0 Å². The number of hydrogen-bond acceptors (Lipinski definition) is 5. The summed E-state index contributed by atoms with van der Waals surface area (Å²) >= 11 is 0. The smallest absolute Gasteiger partial charge is 0.407 e. The van der Waals surface area contributed by atoms with E-state index in [0.717, 1.165) is 24.2 Å². The minimum absolute atomic E-state index is 0.238. The molecule has 1 aromatic carbocycles. The van der Waals surface area contributed by atoms with Crippen LogP contribution in [0.15, 0.2) is 24.3 Å². The Balaban J connectivity index is 3.30. The topological polar surface area (TPSA) is 68.2 Å². The number of aliphatic hydroxyl groups is 1. The Morgan fingerprint density at radius 2 is 1.54 bits per heavy atom. The summed E-state index contributed by atoms with van der Waals surface area (Å²) < 4.78 is 31.1. The Labute approximate surface area is 170 Å². The molecule has 0 spiro atoms. The molecule has 0 saturated carbocycles. The van der Waals surface area contributed by atoms with Crippen LogP contribution in [-0.4, -0.2) is 49.3 Å². The van der Waals surface area contributed by atoms with E-state index in [1.54, 1.807) is 32.7 Å². The molecule has 0 aliphatic rings. The lowest BCUT2D eigenvalue weighted by atomic mass is 9.76. The first-order chi connectivity index (χ1) is 13.3. The Hall–Kier alpha value is -0.910. The zero-order valence-electron chi connectivity index (χ0n) is 18.3. The highest BCUT2D eigenvalue weighted by Crippen LogP contribution is 2.52. The van der Waals surface area contributed by atoms with E-state index in [1.807, 2.05) is 24.3 Å². The quantitative estimate of drug-likeness (QED) is 0.420. The molecule has 1 N–H and O–H groups in total. The zero-order valence-corrected chi connectivity index (χ0v) is 19.2. The van der Waals surface area contributed by atoms with Gasteiger partial charge < -0.3 is 9.84 Å². The van der Waals surface area contributed by atoms with Gasteiger partial charge in [-0.05, 0) is 51.4 Å². The van der Waals surface area contributed by atoms with Crippen LogP contribution < -0.4 is 4.74 Å². The van der Waals surface area contributed by atoms with E-state index in [4.69, 9.17) is 13.8 Å². The third-order valence-corrected chi connectivity index (χ3v) is 7.15. The molecule has 1 unspecified atom stereocenters. The van der Waals surface area contributed by atoms with Crippen molar-refractivity contribution in [2.75, 3.05) is 33.9 Å². The number of rotatable bonds is 14. The lowest BCUT2D eigenvalue weighted by Gasteiger charge is -2.39. The molecule has 0 heterocycles. The summed E-state index contributed by atoms with van der Waals surface area (Å²) in [4.78, 5) is 0. The maximum Gasteiger partial charge on any atom is 0.407 e. The first-order valence-electron chi connectivity index (χ1n) is 10.3.